The standard InChI is InChI=1S/C10H14N4OS/c1-3-14(4-2)10-12-9(15-13-10)8-7(11)5-6-16-8/h5-6H,3-4,11H2,1-2H3. The van der Waals surface area contributed by atoms with Crippen LogP contribution < -0.4 is 10.6 Å². The van der Waals surface area contributed by atoms with E-state index in [2.05, 4.69) is 24.0 Å². The summed E-state index contributed by atoms with van der Waals surface area (Å²) in [5, 5.41) is 5.85. The smallest absolute Gasteiger partial charge is 0.271 e. The molecule has 2 aromatic heterocycles. The van der Waals surface area contributed by atoms with Crippen LogP contribution in [0.2, 0.25) is 0 Å². The van der Waals surface area contributed by atoms with Crippen molar-refractivity contribution in [3.05, 3.63) is 11.4 Å². The number of hydrogen-bond acceptors (Lipinski definition) is 6. The number of hydrogen-bond donors (Lipinski definition) is 1. The largest absolute Gasteiger partial charge is 0.397 e. The van der Waals surface area contributed by atoms with Gasteiger partial charge in [-0.1, -0.05) is 0 Å². The van der Waals surface area contributed by atoms with Gasteiger partial charge in [-0.25, -0.2) is 0 Å². The molecule has 0 saturated carbocycles. The van der Waals surface area contributed by atoms with Crippen molar-refractivity contribution < 1.29 is 4.52 Å². The van der Waals surface area contributed by atoms with Crippen molar-refractivity contribution in [3.63, 3.8) is 0 Å². The van der Waals surface area contributed by atoms with Crippen molar-refractivity contribution in [2.24, 2.45) is 0 Å². The Balaban J connectivity index is 2.29. The van der Waals surface area contributed by atoms with Gasteiger partial charge in [-0.3, -0.25) is 0 Å². The molecular formula is C10H14N4OS. The number of anilines is 2. The topological polar surface area (TPSA) is 68.2 Å². The quantitative estimate of drug-likeness (QED) is 0.884. The molecule has 0 atom stereocenters. The molecule has 0 spiro atoms. The van der Waals surface area contributed by atoms with Gasteiger partial charge in [-0.05, 0) is 30.5 Å². The third-order valence-corrected chi connectivity index (χ3v) is 3.27. The molecule has 0 aliphatic heterocycles. The van der Waals surface area contributed by atoms with Crippen molar-refractivity contribution in [1.29, 1.82) is 0 Å². The first-order valence-corrected chi connectivity index (χ1v) is 6.06. The highest BCUT2D eigenvalue weighted by atomic mass is 32.1. The van der Waals surface area contributed by atoms with E-state index in [1.807, 2.05) is 16.3 Å². The fourth-order valence-corrected chi connectivity index (χ4v) is 2.17. The third-order valence-electron chi connectivity index (χ3n) is 2.35. The predicted octanol–water partition coefficient (Wildman–Crippen LogP) is 2.23. The van der Waals surface area contributed by atoms with Crippen molar-refractivity contribution in [2.75, 3.05) is 23.7 Å². The zero-order chi connectivity index (χ0) is 11.5. The van der Waals surface area contributed by atoms with Crippen LogP contribution in [0.1, 0.15) is 13.8 Å². The molecule has 2 aromatic rings. The number of nitrogen functional groups attached to an aromatic ring is 1. The first-order valence-electron chi connectivity index (χ1n) is 5.18. The minimum Gasteiger partial charge on any atom is -0.397 e. The summed E-state index contributed by atoms with van der Waals surface area (Å²) in [6.45, 7) is 5.82. The molecular weight excluding hydrogens is 224 g/mol. The Bertz CT molecular complexity index is 461. The number of nitrogens with zero attached hydrogens (tertiary/aromatic N) is 3. The number of rotatable bonds is 4. The van der Waals surface area contributed by atoms with Gasteiger partial charge in [-0.15, -0.1) is 11.3 Å². The summed E-state index contributed by atoms with van der Waals surface area (Å²) in [5.41, 5.74) is 6.47. The molecule has 6 heteroatoms. The van der Waals surface area contributed by atoms with Gasteiger partial charge in [0.2, 0.25) is 0 Å². The Morgan fingerprint density at radius 2 is 2.19 bits per heavy atom. The van der Waals surface area contributed by atoms with Gasteiger partial charge in [-0.2, -0.15) is 4.98 Å². The lowest BCUT2D eigenvalue weighted by Crippen LogP contribution is -2.22. The maximum atomic E-state index is 5.79. The van der Waals surface area contributed by atoms with Gasteiger partial charge in [0.05, 0.1) is 5.69 Å². The second-order valence-corrected chi connectivity index (χ2v) is 4.19. The first-order chi connectivity index (χ1) is 7.76. The highest BCUT2D eigenvalue weighted by Gasteiger charge is 2.15. The SMILES string of the molecule is CCN(CC)c1noc(-c2sccc2N)n1. The van der Waals surface area contributed by atoms with Gasteiger partial charge < -0.3 is 15.2 Å². The van der Waals surface area contributed by atoms with Crippen LogP contribution in [0, 0.1) is 0 Å². The summed E-state index contributed by atoms with van der Waals surface area (Å²) in [4.78, 5) is 7.20. The van der Waals surface area contributed by atoms with Crippen LogP contribution in [0.4, 0.5) is 11.6 Å². The van der Waals surface area contributed by atoms with Crippen LogP contribution in [-0.2, 0) is 0 Å². The summed E-state index contributed by atoms with van der Waals surface area (Å²) in [6, 6.07) is 1.83. The average Bonchev–Trinajstić information content (AvgIpc) is 2.89. The molecule has 0 unspecified atom stereocenters. The Morgan fingerprint density at radius 1 is 1.44 bits per heavy atom. The Labute approximate surface area is 97.9 Å². The summed E-state index contributed by atoms with van der Waals surface area (Å²) in [5.74, 6) is 1.11. The van der Waals surface area contributed by atoms with E-state index in [1.165, 1.54) is 11.3 Å². The molecule has 0 saturated heterocycles. The second-order valence-electron chi connectivity index (χ2n) is 3.28. The molecule has 2 N–H and O–H groups in total. The normalized spacial score (nSPS) is 10.6. The Morgan fingerprint density at radius 3 is 2.75 bits per heavy atom. The molecule has 0 amide bonds. The average molecular weight is 238 g/mol. The first kappa shape index (κ1) is 10.9. The zero-order valence-electron chi connectivity index (χ0n) is 9.30. The number of nitrogens with two attached hydrogens (primary N) is 1. The lowest BCUT2D eigenvalue weighted by molar-refractivity contribution is 0.430. The fourth-order valence-electron chi connectivity index (χ4n) is 1.44. The number of aromatic nitrogens is 2. The van der Waals surface area contributed by atoms with E-state index in [4.69, 9.17) is 10.3 Å². The molecule has 0 fully saturated rings. The van der Waals surface area contributed by atoms with Crippen LogP contribution in [0.25, 0.3) is 10.8 Å². The van der Waals surface area contributed by atoms with Gasteiger partial charge in [0.1, 0.15) is 4.88 Å². The van der Waals surface area contributed by atoms with Crippen molar-refractivity contribution in [1.82, 2.24) is 10.1 Å². The lowest BCUT2D eigenvalue weighted by atomic mass is 10.4. The lowest BCUT2D eigenvalue weighted by Gasteiger charge is -2.14. The van der Waals surface area contributed by atoms with E-state index in [-0.39, 0.29) is 0 Å². The van der Waals surface area contributed by atoms with Crippen molar-refractivity contribution in [2.45, 2.75) is 13.8 Å². The molecule has 0 aliphatic carbocycles. The van der Waals surface area contributed by atoms with E-state index >= 15 is 0 Å². The third kappa shape index (κ3) is 1.88. The van der Waals surface area contributed by atoms with Crippen LogP contribution >= 0.6 is 11.3 Å². The maximum Gasteiger partial charge on any atom is 0.271 e. The summed E-state index contributed by atoms with van der Waals surface area (Å²) in [6.07, 6.45) is 0. The summed E-state index contributed by atoms with van der Waals surface area (Å²) in [7, 11) is 0. The Kier molecular flexibility index (Phi) is 3.09. The summed E-state index contributed by atoms with van der Waals surface area (Å²) >= 11 is 1.50. The van der Waals surface area contributed by atoms with Crippen molar-refractivity contribution >= 4 is 23.0 Å². The zero-order valence-corrected chi connectivity index (χ0v) is 10.1. The monoisotopic (exact) mass is 238 g/mol. The summed E-state index contributed by atoms with van der Waals surface area (Å²) < 4.78 is 5.20. The predicted molar refractivity (Wildman–Crippen MR) is 65.6 cm³/mol. The van der Waals surface area contributed by atoms with Gasteiger partial charge in [0.15, 0.2) is 0 Å². The van der Waals surface area contributed by atoms with Crippen LogP contribution in [0.3, 0.4) is 0 Å². The molecule has 5 nitrogen and oxygen atoms in total. The van der Waals surface area contributed by atoms with E-state index in [0.29, 0.717) is 17.5 Å². The molecule has 0 radical (unpaired) electrons. The molecule has 86 valence electrons. The van der Waals surface area contributed by atoms with E-state index in [1.54, 1.807) is 0 Å². The molecule has 0 aliphatic rings. The maximum absolute atomic E-state index is 5.79. The van der Waals surface area contributed by atoms with Crippen molar-refractivity contribution in [3.8, 4) is 10.8 Å². The van der Waals surface area contributed by atoms with Gasteiger partial charge in [0.25, 0.3) is 11.8 Å². The minimum atomic E-state index is 0.495. The van der Waals surface area contributed by atoms with Crippen LogP contribution in [-0.4, -0.2) is 23.2 Å². The highest BCUT2D eigenvalue weighted by Crippen LogP contribution is 2.30. The van der Waals surface area contributed by atoms with Gasteiger partial charge >= 0.3 is 0 Å². The van der Waals surface area contributed by atoms with Gasteiger partial charge in [0, 0.05) is 13.1 Å². The van der Waals surface area contributed by atoms with E-state index in [0.717, 1.165) is 18.0 Å². The molecule has 2 rings (SSSR count). The highest BCUT2D eigenvalue weighted by molar-refractivity contribution is 7.14. The van der Waals surface area contributed by atoms with Crippen LogP contribution in [0.15, 0.2) is 16.0 Å². The molecule has 0 bridgehead atoms. The second kappa shape index (κ2) is 4.52. The number of thiophene rings is 1. The minimum absolute atomic E-state index is 0.495. The van der Waals surface area contributed by atoms with E-state index in [9.17, 15) is 0 Å². The fraction of sp³-hybridized carbons (Fsp3) is 0.400. The molecule has 2 heterocycles. The Hall–Kier alpha value is -1.56. The molecule has 16 heavy (non-hydrogen) atoms. The van der Waals surface area contributed by atoms with Crippen LogP contribution in [0.5, 0.6) is 0 Å². The molecule has 0 aromatic carbocycles. The van der Waals surface area contributed by atoms with E-state index < -0.39 is 0 Å².